The van der Waals surface area contributed by atoms with Crippen LogP contribution in [0, 0.1) is 5.92 Å². The number of nitrogens with zero attached hydrogens (tertiary/aromatic N) is 2. The van der Waals surface area contributed by atoms with E-state index in [1.54, 1.807) is 0 Å². The predicted octanol–water partition coefficient (Wildman–Crippen LogP) is 3.00. The van der Waals surface area contributed by atoms with E-state index in [-0.39, 0.29) is 0 Å². The summed E-state index contributed by atoms with van der Waals surface area (Å²) in [5, 5.41) is 3.36. The van der Waals surface area contributed by atoms with Gasteiger partial charge in [-0.2, -0.15) is 0 Å². The molecule has 0 radical (unpaired) electrons. The molecule has 0 atom stereocenters. The van der Waals surface area contributed by atoms with Gasteiger partial charge in [-0.05, 0) is 11.5 Å². The highest BCUT2D eigenvalue weighted by Gasteiger charge is 2.03. The van der Waals surface area contributed by atoms with Crippen LogP contribution in [0.15, 0.2) is 42.7 Å². The number of anilines is 1. The highest BCUT2D eigenvalue weighted by molar-refractivity contribution is 5.28. The first-order chi connectivity index (χ1) is 8.25. The van der Waals surface area contributed by atoms with Crippen LogP contribution in [0.4, 0.5) is 5.95 Å². The van der Waals surface area contributed by atoms with Gasteiger partial charge in [0.2, 0.25) is 5.95 Å². The third kappa shape index (κ3) is 3.34. The van der Waals surface area contributed by atoms with E-state index in [9.17, 15) is 0 Å². The molecule has 3 nitrogen and oxygen atoms in total. The number of nitrogens with one attached hydrogen (secondary N) is 1. The summed E-state index contributed by atoms with van der Waals surface area (Å²) in [6, 6.07) is 10.4. The van der Waals surface area contributed by atoms with Crippen LogP contribution in [0.3, 0.4) is 0 Å². The molecule has 0 bridgehead atoms. The van der Waals surface area contributed by atoms with Crippen molar-refractivity contribution < 1.29 is 0 Å². The molecule has 17 heavy (non-hydrogen) atoms. The van der Waals surface area contributed by atoms with Gasteiger partial charge in [-0.3, -0.25) is 0 Å². The minimum absolute atomic E-state index is 0.622. The number of hydrogen-bond acceptors (Lipinski definition) is 2. The smallest absolute Gasteiger partial charge is 0.203 e. The van der Waals surface area contributed by atoms with Gasteiger partial charge in [0, 0.05) is 18.9 Å². The summed E-state index contributed by atoms with van der Waals surface area (Å²) >= 11 is 0. The third-order valence-electron chi connectivity index (χ3n) is 2.58. The molecule has 2 rings (SSSR count). The molecule has 1 aromatic heterocycles. The highest BCUT2D eigenvalue weighted by Crippen LogP contribution is 2.09. The molecule has 0 amide bonds. The van der Waals surface area contributed by atoms with Crippen molar-refractivity contribution in [1.29, 1.82) is 0 Å². The Labute approximate surface area is 103 Å². The molecule has 90 valence electrons. The van der Waals surface area contributed by atoms with E-state index < -0.39 is 0 Å². The van der Waals surface area contributed by atoms with E-state index in [4.69, 9.17) is 0 Å². The molecule has 0 aliphatic heterocycles. The van der Waals surface area contributed by atoms with E-state index >= 15 is 0 Å². The summed E-state index contributed by atoms with van der Waals surface area (Å²) in [6.07, 6.45) is 3.85. The highest BCUT2D eigenvalue weighted by atomic mass is 15.2. The van der Waals surface area contributed by atoms with Crippen LogP contribution < -0.4 is 5.32 Å². The van der Waals surface area contributed by atoms with Gasteiger partial charge in [0.15, 0.2) is 0 Å². The molecule has 0 saturated heterocycles. The van der Waals surface area contributed by atoms with Crippen LogP contribution in [0.5, 0.6) is 0 Å². The summed E-state index contributed by atoms with van der Waals surface area (Å²) in [5.41, 5.74) is 1.29. The number of benzene rings is 1. The maximum absolute atomic E-state index is 4.34. The standard InChI is InChI=1S/C14H19N3/c1-12(2)10-16-14-15-8-9-17(14)11-13-6-4-3-5-7-13/h3-9,12H,10-11H2,1-2H3,(H,15,16). The first-order valence-electron chi connectivity index (χ1n) is 6.04. The Hall–Kier alpha value is -1.77. The molecule has 0 aliphatic carbocycles. The Morgan fingerprint density at radius 2 is 2.00 bits per heavy atom. The van der Waals surface area contributed by atoms with E-state index in [0.29, 0.717) is 5.92 Å². The molecular formula is C14H19N3. The molecule has 3 heteroatoms. The molecule has 0 saturated carbocycles. The zero-order valence-corrected chi connectivity index (χ0v) is 10.4. The van der Waals surface area contributed by atoms with Gasteiger partial charge in [-0.1, -0.05) is 44.2 Å². The van der Waals surface area contributed by atoms with Crippen LogP contribution in [0.2, 0.25) is 0 Å². The molecule has 2 aromatic rings. The van der Waals surface area contributed by atoms with E-state index in [1.165, 1.54) is 5.56 Å². The average Bonchev–Trinajstić information content (AvgIpc) is 2.75. The van der Waals surface area contributed by atoms with Crippen molar-refractivity contribution in [3.63, 3.8) is 0 Å². The van der Waals surface area contributed by atoms with E-state index in [2.05, 4.69) is 53.0 Å². The minimum Gasteiger partial charge on any atom is -0.355 e. The Kier molecular flexibility index (Phi) is 3.81. The number of imidazole rings is 1. The van der Waals surface area contributed by atoms with Crippen LogP contribution in [0.25, 0.3) is 0 Å². The van der Waals surface area contributed by atoms with Gasteiger partial charge in [-0.15, -0.1) is 0 Å². The lowest BCUT2D eigenvalue weighted by atomic mass is 10.2. The van der Waals surface area contributed by atoms with Crippen molar-refractivity contribution in [3.8, 4) is 0 Å². The van der Waals surface area contributed by atoms with Crippen LogP contribution in [-0.4, -0.2) is 16.1 Å². The number of rotatable bonds is 5. The summed E-state index contributed by atoms with van der Waals surface area (Å²) in [5.74, 6) is 1.57. The predicted molar refractivity (Wildman–Crippen MR) is 71.1 cm³/mol. The molecule has 1 N–H and O–H groups in total. The zero-order chi connectivity index (χ0) is 12.1. The average molecular weight is 229 g/mol. The quantitative estimate of drug-likeness (QED) is 0.854. The second-order valence-corrected chi connectivity index (χ2v) is 4.64. The Balaban J connectivity index is 2.04. The first-order valence-corrected chi connectivity index (χ1v) is 6.04. The molecule has 0 aliphatic rings. The Bertz CT molecular complexity index is 446. The van der Waals surface area contributed by atoms with Crippen molar-refractivity contribution in [2.75, 3.05) is 11.9 Å². The summed E-state index contributed by atoms with van der Waals surface area (Å²) in [6.45, 7) is 6.20. The minimum atomic E-state index is 0.622. The number of aromatic nitrogens is 2. The fourth-order valence-electron chi connectivity index (χ4n) is 1.68. The number of hydrogen-bond donors (Lipinski definition) is 1. The van der Waals surface area contributed by atoms with Crippen molar-refractivity contribution >= 4 is 5.95 Å². The first kappa shape index (κ1) is 11.7. The van der Waals surface area contributed by atoms with Gasteiger partial charge in [-0.25, -0.2) is 4.98 Å². The van der Waals surface area contributed by atoms with E-state index in [0.717, 1.165) is 19.0 Å². The molecular weight excluding hydrogens is 210 g/mol. The lowest BCUT2D eigenvalue weighted by Gasteiger charge is -2.11. The third-order valence-corrected chi connectivity index (χ3v) is 2.58. The molecule has 0 unspecified atom stereocenters. The van der Waals surface area contributed by atoms with Crippen LogP contribution in [-0.2, 0) is 6.54 Å². The van der Waals surface area contributed by atoms with Gasteiger partial charge < -0.3 is 9.88 Å². The summed E-state index contributed by atoms with van der Waals surface area (Å²) in [7, 11) is 0. The van der Waals surface area contributed by atoms with Gasteiger partial charge in [0.1, 0.15) is 0 Å². The second kappa shape index (κ2) is 5.53. The fourth-order valence-corrected chi connectivity index (χ4v) is 1.68. The lowest BCUT2D eigenvalue weighted by molar-refractivity contribution is 0.676. The summed E-state index contributed by atoms with van der Waals surface area (Å²) in [4.78, 5) is 4.34. The largest absolute Gasteiger partial charge is 0.355 e. The summed E-state index contributed by atoms with van der Waals surface area (Å²) < 4.78 is 2.14. The SMILES string of the molecule is CC(C)CNc1nccn1Cc1ccccc1. The molecule has 1 heterocycles. The van der Waals surface area contributed by atoms with Gasteiger partial charge in [0.25, 0.3) is 0 Å². The fraction of sp³-hybridized carbons (Fsp3) is 0.357. The van der Waals surface area contributed by atoms with Gasteiger partial charge in [0.05, 0.1) is 6.54 Å². The topological polar surface area (TPSA) is 29.9 Å². The molecule has 0 spiro atoms. The van der Waals surface area contributed by atoms with Crippen molar-refractivity contribution in [1.82, 2.24) is 9.55 Å². The molecule has 1 aromatic carbocycles. The zero-order valence-electron chi connectivity index (χ0n) is 10.4. The maximum atomic E-state index is 4.34. The maximum Gasteiger partial charge on any atom is 0.203 e. The van der Waals surface area contributed by atoms with E-state index in [1.807, 2.05) is 18.5 Å². The monoisotopic (exact) mass is 229 g/mol. The second-order valence-electron chi connectivity index (χ2n) is 4.64. The van der Waals surface area contributed by atoms with Crippen molar-refractivity contribution in [2.45, 2.75) is 20.4 Å². The lowest BCUT2D eigenvalue weighted by Crippen LogP contribution is -2.13. The Morgan fingerprint density at radius 3 is 2.71 bits per heavy atom. The molecule has 0 fully saturated rings. The Morgan fingerprint density at radius 1 is 1.24 bits per heavy atom. The van der Waals surface area contributed by atoms with Crippen molar-refractivity contribution in [2.24, 2.45) is 5.92 Å². The normalized spacial score (nSPS) is 10.8. The van der Waals surface area contributed by atoms with Gasteiger partial charge >= 0.3 is 0 Å². The van der Waals surface area contributed by atoms with Crippen LogP contribution >= 0.6 is 0 Å². The van der Waals surface area contributed by atoms with Crippen molar-refractivity contribution in [3.05, 3.63) is 48.3 Å². The van der Waals surface area contributed by atoms with Crippen LogP contribution in [0.1, 0.15) is 19.4 Å².